The summed E-state index contributed by atoms with van der Waals surface area (Å²) in [5.74, 6) is 0.775. The van der Waals surface area contributed by atoms with Gasteiger partial charge in [-0.1, -0.05) is 30.3 Å². The maximum atomic E-state index is 5.53. The Hall–Kier alpha value is -2.75. The van der Waals surface area contributed by atoms with E-state index in [1.54, 1.807) is 6.26 Å². The summed E-state index contributed by atoms with van der Waals surface area (Å²) in [4.78, 5) is 7.75. The summed E-state index contributed by atoms with van der Waals surface area (Å²) in [5.41, 5.74) is 4.04. The molecule has 98 valence electrons. The lowest BCUT2D eigenvalue weighted by atomic mass is 10.2. The molecule has 2 aromatic carbocycles. The van der Waals surface area contributed by atoms with Gasteiger partial charge < -0.3 is 14.7 Å². The monoisotopic (exact) mass is 263 g/mol. The summed E-state index contributed by atoms with van der Waals surface area (Å²) in [5, 5.41) is 4.44. The first-order valence-electron chi connectivity index (χ1n) is 6.54. The number of fused-ring (bicyclic) bond motifs is 2. The van der Waals surface area contributed by atoms with Gasteiger partial charge in [0, 0.05) is 17.5 Å². The van der Waals surface area contributed by atoms with Crippen LogP contribution >= 0.6 is 0 Å². The van der Waals surface area contributed by atoms with Crippen molar-refractivity contribution < 1.29 is 4.42 Å². The molecular weight excluding hydrogens is 250 g/mol. The lowest BCUT2D eigenvalue weighted by Gasteiger charge is -2.00. The number of imidazole rings is 1. The number of nitrogens with zero attached hydrogens (tertiary/aromatic N) is 1. The van der Waals surface area contributed by atoms with Crippen LogP contribution in [-0.2, 0) is 6.54 Å². The molecule has 2 N–H and O–H groups in total. The number of nitrogens with one attached hydrogen (secondary N) is 2. The second-order valence-electron chi connectivity index (χ2n) is 4.71. The second-order valence-corrected chi connectivity index (χ2v) is 4.71. The highest BCUT2D eigenvalue weighted by molar-refractivity contribution is 5.81. The third-order valence-corrected chi connectivity index (χ3v) is 3.40. The maximum Gasteiger partial charge on any atom is 0.201 e. The predicted octanol–water partition coefficient (Wildman–Crippen LogP) is 3.92. The minimum absolute atomic E-state index is 0.677. The summed E-state index contributed by atoms with van der Waals surface area (Å²) < 4.78 is 5.53. The molecular formula is C16H13N3O. The molecule has 0 bridgehead atoms. The lowest BCUT2D eigenvalue weighted by molar-refractivity contribution is 0.611. The van der Waals surface area contributed by atoms with E-state index in [4.69, 9.17) is 4.42 Å². The van der Waals surface area contributed by atoms with Crippen LogP contribution in [0.4, 0.5) is 5.95 Å². The molecule has 0 saturated carbocycles. The summed E-state index contributed by atoms with van der Waals surface area (Å²) in [7, 11) is 0. The van der Waals surface area contributed by atoms with Crippen molar-refractivity contribution in [2.75, 3.05) is 5.32 Å². The van der Waals surface area contributed by atoms with E-state index in [9.17, 15) is 0 Å². The quantitative estimate of drug-likeness (QED) is 0.589. The predicted molar refractivity (Wildman–Crippen MR) is 79.6 cm³/mol. The topological polar surface area (TPSA) is 53.9 Å². The zero-order valence-corrected chi connectivity index (χ0v) is 10.8. The molecule has 2 heterocycles. The van der Waals surface area contributed by atoms with E-state index in [2.05, 4.69) is 21.4 Å². The highest BCUT2D eigenvalue weighted by Gasteiger charge is 2.06. The Morgan fingerprint density at radius 3 is 2.85 bits per heavy atom. The van der Waals surface area contributed by atoms with Crippen molar-refractivity contribution in [3.8, 4) is 0 Å². The minimum atomic E-state index is 0.677. The number of furan rings is 1. The summed E-state index contributed by atoms with van der Waals surface area (Å²) in [6.07, 6.45) is 1.79. The number of para-hydroxylation sites is 3. The van der Waals surface area contributed by atoms with Gasteiger partial charge in [-0.3, -0.25) is 0 Å². The van der Waals surface area contributed by atoms with Crippen LogP contribution in [-0.4, -0.2) is 9.97 Å². The van der Waals surface area contributed by atoms with Crippen LogP contribution in [0.25, 0.3) is 22.0 Å². The van der Waals surface area contributed by atoms with E-state index in [0.29, 0.717) is 6.54 Å². The third kappa shape index (κ3) is 1.82. The number of aromatic nitrogens is 2. The molecule has 0 aliphatic heterocycles. The Morgan fingerprint density at radius 1 is 1.05 bits per heavy atom. The van der Waals surface area contributed by atoms with Crippen LogP contribution in [0.2, 0.25) is 0 Å². The van der Waals surface area contributed by atoms with Gasteiger partial charge in [0.1, 0.15) is 5.58 Å². The average Bonchev–Trinajstić information content (AvgIpc) is 3.08. The highest BCUT2D eigenvalue weighted by Crippen LogP contribution is 2.21. The van der Waals surface area contributed by atoms with E-state index in [-0.39, 0.29) is 0 Å². The number of rotatable bonds is 3. The van der Waals surface area contributed by atoms with Crippen molar-refractivity contribution in [2.45, 2.75) is 6.54 Å². The first-order chi connectivity index (χ1) is 9.90. The number of anilines is 1. The van der Waals surface area contributed by atoms with E-state index >= 15 is 0 Å². The molecule has 0 saturated heterocycles. The summed E-state index contributed by atoms with van der Waals surface area (Å²) in [6, 6.07) is 16.0. The fourth-order valence-corrected chi connectivity index (χ4v) is 2.39. The van der Waals surface area contributed by atoms with Gasteiger partial charge >= 0.3 is 0 Å². The number of hydrogen-bond donors (Lipinski definition) is 2. The number of aromatic amines is 1. The SMILES string of the molecule is c1ccc2[nH]c(NCc3coc4ccccc34)nc2c1. The molecule has 0 spiro atoms. The molecule has 0 aliphatic rings. The number of benzene rings is 2. The average molecular weight is 263 g/mol. The molecule has 4 aromatic rings. The molecule has 2 aromatic heterocycles. The van der Waals surface area contributed by atoms with E-state index in [1.807, 2.05) is 42.5 Å². The van der Waals surface area contributed by atoms with Crippen LogP contribution in [0.1, 0.15) is 5.56 Å². The van der Waals surface area contributed by atoms with Gasteiger partial charge in [0.2, 0.25) is 5.95 Å². The molecule has 0 aliphatic carbocycles. The lowest BCUT2D eigenvalue weighted by Crippen LogP contribution is -1.99. The van der Waals surface area contributed by atoms with Crippen LogP contribution in [0.5, 0.6) is 0 Å². The molecule has 4 nitrogen and oxygen atoms in total. The first-order valence-corrected chi connectivity index (χ1v) is 6.54. The molecule has 0 unspecified atom stereocenters. The molecule has 4 heteroatoms. The zero-order valence-electron chi connectivity index (χ0n) is 10.8. The van der Waals surface area contributed by atoms with Crippen molar-refractivity contribution in [3.05, 3.63) is 60.4 Å². The molecule has 0 atom stereocenters. The Balaban J connectivity index is 1.60. The smallest absolute Gasteiger partial charge is 0.201 e. The van der Waals surface area contributed by atoms with Gasteiger partial charge in [-0.2, -0.15) is 0 Å². The Morgan fingerprint density at radius 2 is 1.90 bits per heavy atom. The molecule has 20 heavy (non-hydrogen) atoms. The fourth-order valence-electron chi connectivity index (χ4n) is 2.39. The van der Waals surface area contributed by atoms with Gasteiger partial charge in [-0.05, 0) is 18.2 Å². The highest BCUT2D eigenvalue weighted by atomic mass is 16.3. The summed E-state index contributed by atoms with van der Waals surface area (Å²) >= 11 is 0. The van der Waals surface area contributed by atoms with Gasteiger partial charge in [0.15, 0.2) is 0 Å². The van der Waals surface area contributed by atoms with Crippen molar-refractivity contribution in [1.29, 1.82) is 0 Å². The maximum absolute atomic E-state index is 5.53. The van der Waals surface area contributed by atoms with Crippen LogP contribution in [0.15, 0.2) is 59.2 Å². The normalized spacial score (nSPS) is 11.2. The number of H-pyrrole nitrogens is 1. The van der Waals surface area contributed by atoms with E-state index < -0.39 is 0 Å². The molecule has 0 radical (unpaired) electrons. The van der Waals surface area contributed by atoms with E-state index in [0.717, 1.165) is 33.5 Å². The Kier molecular flexibility index (Phi) is 2.45. The Bertz CT molecular complexity index is 842. The van der Waals surface area contributed by atoms with Gasteiger partial charge in [0.05, 0.1) is 17.3 Å². The van der Waals surface area contributed by atoms with Crippen molar-refractivity contribution in [3.63, 3.8) is 0 Å². The zero-order chi connectivity index (χ0) is 13.4. The van der Waals surface area contributed by atoms with Crippen LogP contribution < -0.4 is 5.32 Å². The van der Waals surface area contributed by atoms with Crippen molar-refractivity contribution in [2.24, 2.45) is 0 Å². The second kappa shape index (κ2) is 4.42. The van der Waals surface area contributed by atoms with Crippen molar-refractivity contribution >= 4 is 28.0 Å². The van der Waals surface area contributed by atoms with Gasteiger partial charge in [-0.15, -0.1) is 0 Å². The third-order valence-electron chi connectivity index (χ3n) is 3.40. The molecule has 0 amide bonds. The van der Waals surface area contributed by atoms with Gasteiger partial charge in [-0.25, -0.2) is 4.98 Å². The van der Waals surface area contributed by atoms with Crippen LogP contribution in [0.3, 0.4) is 0 Å². The standard InChI is InChI=1S/C16H13N3O/c1-4-8-15-12(5-1)11(10-20-15)9-17-16-18-13-6-2-3-7-14(13)19-16/h1-8,10H,9H2,(H2,17,18,19). The first kappa shape index (κ1) is 11.1. The molecule has 4 rings (SSSR count). The largest absolute Gasteiger partial charge is 0.464 e. The van der Waals surface area contributed by atoms with Gasteiger partial charge in [0.25, 0.3) is 0 Å². The summed E-state index contributed by atoms with van der Waals surface area (Å²) in [6.45, 7) is 0.677. The molecule has 0 fully saturated rings. The van der Waals surface area contributed by atoms with Crippen molar-refractivity contribution in [1.82, 2.24) is 9.97 Å². The number of hydrogen-bond acceptors (Lipinski definition) is 3. The fraction of sp³-hybridized carbons (Fsp3) is 0.0625. The van der Waals surface area contributed by atoms with E-state index in [1.165, 1.54) is 0 Å². The van der Waals surface area contributed by atoms with Crippen LogP contribution in [0, 0.1) is 0 Å². The Labute approximate surface area is 115 Å². The minimum Gasteiger partial charge on any atom is -0.464 e.